The van der Waals surface area contributed by atoms with Gasteiger partial charge in [-0.15, -0.1) is 0 Å². The Morgan fingerprint density at radius 2 is 1.74 bits per heavy atom. The first-order valence-electron chi connectivity index (χ1n) is 11.7. The molecule has 1 aromatic heterocycles. The number of aryl methyl sites for hydroxylation is 1. The van der Waals surface area contributed by atoms with Gasteiger partial charge in [0.15, 0.2) is 5.13 Å². The minimum Gasteiger partial charge on any atom is -0.507 e. The largest absolute Gasteiger partial charge is 0.507 e. The standard InChI is InChI=1S/C29H26N2O3S/c1-4-18-10-15-22-23(16-18)35-29(30-22)31-25(20-13-11-19(12-14-20)17(2)3)24(27(33)28(31)34)26(32)21-8-6-5-7-9-21/h5-17,25,32H,4H2,1-3H3. The van der Waals surface area contributed by atoms with Gasteiger partial charge >= 0.3 is 5.91 Å². The number of nitrogens with zero attached hydrogens (tertiary/aromatic N) is 2. The van der Waals surface area contributed by atoms with Crippen molar-refractivity contribution in [3.8, 4) is 0 Å². The smallest absolute Gasteiger partial charge is 0.301 e. The average Bonchev–Trinajstić information content (AvgIpc) is 3.41. The average molecular weight is 483 g/mol. The SMILES string of the molecule is CCc1ccc2nc(N3C(=O)C(=O)C(=C(O)c4ccccc4)C3c3ccc(C(C)C)cc3)sc2c1. The topological polar surface area (TPSA) is 70.5 Å². The lowest BCUT2D eigenvalue weighted by molar-refractivity contribution is -0.132. The quantitative estimate of drug-likeness (QED) is 0.197. The van der Waals surface area contributed by atoms with Crippen LogP contribution in [-0.2, 0) is 16.0 Å². The lowest BCUT2D eigenvalue weighted by Gasteiger charge is -2.23. The Kier molecular flexibility index (Phi) is 5.99. The van der Waals surface area contributed by atoms with Gasteiger partial charge in [-0.1, -0.05) is 92.8 Å². The number of hydrogen-bond acceptors (Lipinski definition) is 5. The van der Waals surface area contributed by atoms with Gasteiger partial charge in [-0.05, 0) is 41.2 Å². The second-order valence-corrected chi connectivity index (χ2v) is 10.0. The van der Waals surface area contributed by atoms with Crippen molar-refractivity contribution in [1.82, 2.24) is 4.98 Å². The molecule has 3 aromatic carbocycles. The highest BCUT2D eigenvalue weighted by molar-refractivity contribution is 7.22. The summed E-state index contributed by atoms with van der Waals surface area (Å²) in [5, 5.41) is 11.7. The third-order valence-corrected chi connectivity index (χ3v) is 7.48. The summed E-state index contributed by atoms with van der Waals surface area (Å²) < 4.78 is 0.957. The maximum atomic E-state index is 13.4. The van der Waals surface area contributed by atoms with Crippen LogP contribution in [0.2, 0.25) is 0 Å². The molecule has 5 rings (SSSR count). The summed E-state index contributed by atoms with van der Waals surface area (Å²) in [7, 11) is 0. The van der Waals surface area contributed by atoms with E-state index in [0.717, 1.165) is 27.8 Å². The summed E-state index contributed by atoms with van der Waals surface area (Å²) in [6.45, 7) is 6.32. The molecule has 176 valence electrons. The Morgan fingerprint density at radius 3 is 2.40 bits per heavy atom. The third kappa shape index (κ3) is 4.04. The maximum absolute atomic E-state index is 13.4. The Morgan fingerprint density at radius 1 is 1.03 bits per heavy atom. The summed E-state index contributed by atoms with van der Waals surface area (Å²) in [5.41, 5.74) is 4.43. The summed E-state index contributed by atoms with van der Waals surface area (Å²) in [4.78, 5) is 32.9. The van der Waals surface area contributed by atoms with Gasteiger partial charge < -0.3 is 5.11 Å². The molecule has 1 fully saturated rings. The second kappa shape index (κ2) is 9.12. The van der Waals surface area contributed by atoms with Crippen molar-refractivity contribution in [2.24, 2.45) is 0 Å². The van der Waals surface area contributed by atoms with E-state index in [1.807, 2.05) is 42.5 Å². The van der Waals surface area contributed by atoms with E-state index in [9.17, 15) is 14.7 Å². The number of amides is 1. The summed E-state index contributed by atoms with van der Waals surface area (Å²) in [5.74, 6) is -1.23. The highest BCUT2D eigenvalue weighted by atomic mass is 32.1. The number of ketones is 1. The summed E-state index contributed by atoms with van der Waals surface area (Å²) in [6, 6.07) is 22.0. The van der Waals surface area contributed by atoms with Crippen LogP contribution in [0.25, 0.3) is 16.0 Å². The van der Waals surface area contributed by atoms with Gasteiger partial charge in [-0.2, -0.15) is 0 Å². The number of benzene rings is 3. The van der Waals surface area contributed by atoms with Crippen LogP contribution in [0.3, 0.4) is 0 Å². The number of Topliss-reactive ketones (excluding diaryl/α,β-unsaturated/α-hetero) is 1. The fourth-order valence-corrected chi connectivity index (χ4v) is 5.50. The van der Waals surface area contributed by atoms with Gasteiger partial charge in [0.2, 0.25) is 0 Å². The van der Waals surface area contributed by atoms with Gasteiger partial charge in [0, 0.05) is 5.56 Å². The van der Waals surface area contributed by atoms with E-state index in [4.69, 9.17) is 4.98 Å². The van der Waals surface area contributed by atoms with Crippen LogP contribution >= 0.6 is 11.3 Å². The lowest BCUT2D eigenvalue weighted by atomic mass is 9.93. The van der Waals surface area contributed by atoms with E-state index in [0.29, 0.717) is 16.6 Å². The molecular weight excluding hydrogens is 456 g/mol. The fraction of sp³-hybridized carbons (Fsp3) is 0.207. The number of anilines is 1. The molecule has 1 unspecified atom stereocenters. The first-order chi connectivity index (χ1) is 16.9. The molecule has 2 heterocycles. The molecule has 1 N–H and O–H groups in total. The first kappa shape index (κ1) is 23.0. The number of carbonyl (C=O) groups is 2. The Bertz CT molecular complexity index is 1450. The molecule has 1 aliphatic rings. The first-order valence-corrected chi connectivity index (χ1v) is 12.6. The van der Waals surface area contributed by atoms with Crippen molar-refractivity contribution in [1.29, 1.82) is 0 Å². The van der Waals surface area contributed by atoms with E-state index in [1.54, 1.807) is 24.3 Å². The number of rotatable bonds is 5. The molecule has 0 radical (unpaired) electrons. The van der Waals surface area contributed by atoms with Crippen molar-refractivity contribution >= 4 is 44.1 Å². The van der Waals surface area contributed by atoms with Crippen molar-refractivity contribution in [3.63, 3.8) is 0 Å². The number of aliphatic hydroxyl groups is 1. The Hall–Kier alpha value is -3.77. The minimum atomic E-state index is -0.775. The predicted octanol–water partition coefficient (Wildman–Crippen LogP) is 6.61. The van der Waals surface area contributed by atoms with Crippen molar-refractivity contribution in [3.05, 3.63) is 101 Å². The van der Waals surface area contributed by atoms with Crippen LogP contribution in [0.4, 0.5) is 5.13 Å². The highest BCUT2D eigenvalue weighted by Gasteiger charge is 2.48. The summed E-state index contributed by atoms with van der Waals surface area (Å²) >= 11 is 1.38. The van der Waals surface area contributed by atoms with Gasteiger partial charge in [0.05, 0.1) is 21.8 Å². The van der Waals surface area contributed by atoms with Crippen LogP contribution in [-0.4, -0.2) is 21.8 Å². The van der Waals surface area contributed by atoms with Crippen LogP contribution in [0.1, 0.15) is 55.0 Å². The Balaban J connectivity index is 1.70. The number of aromatic nitrogens is 1. The third-order valence-electron chi connectivity index (χ3n) is 6.47. The zero-order chi connectivity index (χ0) is 24.7. The molecule has 0 aliphatic carbocycles. The monoisotopic (exact) mass is 482 g/mol. The predicted molar refractivity (Wildman–Crippen MR) is 141 cm³/mol. The van der Waals surface area contributed by atoms with E-state index >= 15 is 0 Å². The lowest BCUT2D eigenvalue weighted by Crippen LogP contribution is -2.29. The molecule has 0 bridgehead atoms. The molecule has 1 amide bonds. The Labute approximate surface area is 208 Å². The maximum Gasteiger partial charge on any atom is 0.301 e. The fourth-order valence-electron chi connectivity index (χ4n) is 4.44. The molecule has 1 aliphatic heterocycles. The molecule has 0 spiro atoms. The van der Waals surface area contributed by atoms with Crippen molar-refractivity contribution in [2.45, 2.75) is 39.2 Å². The molecule has 1 saturated heterocycles. The molecule has 5 nitrogen and oxygen atoms in total. The van der Waals surface area contributed by atoms with Gasteiger partial charge in [0.1, 0.15) is 5.76 Å². The van der Waals surface area contributed by atoms with E-state index in [1.165, 1.54) is 21.8 Å². The zero-order valence-corrected chi connectivity index (χ0v) is 20.7. The normalized spacial score (nSPS) is 17.6. The number of fused-ring (bicyclic) bond motifs is 1. The number of carbonyl (C=O) groups excluding carboxylic acids is 2. The minimum absolute atomic E-state index is 0.0759. The summed E-state index contributed by atoms with van der Waals surface area (Å²) in [6.07, 6.45) is 0.896. The molecular formula is C29H26N2O3S. The van der Waals surface area contributed by atoms with Crippen LogP contribution in [0.15, 0.2) is 78.4 Å². The van der Waals surface area contributed by atoms with E-state index in [-0.39, 0.29) is 11.3 Å². The molecule has 4 aromatic rings. The van der Waals surface area contributed by atoms with Gasteiger partial charge in [0.25, 0.3) is 5.78 Å². The number of thiazole rings is 1. The molecule has 0 saturated carbocycles. The van der Waals surface area contributed by atoms with Crippen LogP contribution in [0, 0.1) is 0 Å². The van der Waals surface area contributed by atoms with Gasteiger partial charge in [-0.25, -0.2) is 4.98 Å². The number of hydrogen-bond donors (Lipinski definition) is 1. The van der Waals surface area contributed by atoms with Crippen molar-refractivity contribution < 1.29 is 14.7 Å². The molecule has 6 heteroatoms. The van der Waals surface area contributed by atoms with Crippen LogP contribution < -0.4 is 4.90 Å². The highest BCUT2D eigenvalue weighted by Crippen LogP contribution is 2.44. The zero-order valence-electron chi connectivity index (χ0n) is 19.9. The van der Waals surface area contributed by atoms with Crippen molar-refractivity contribution in [2.75, 3.05) is 4.90 Å². The van der Waals surface area contributed by atoms with Gasteiger partial charge in [-0.3, -0.25) is 14.5 Å². The number of aliphatic hydroxyl groups excluding tert-OH is 1. The molecule has 35 heavy (non-hydrogen) atoms. The van der Waals surface area contributed by atoms with E-state index in [2.05, 4.69) is 26.8 Å². The molecule has 1 atom stereocenters. The van der Waals surface area contributed by atoms with Crippen LogP contribution in [0.5, 0.6) is 0 Å². The second-order valence-electron chi connectivity index (χ2n) is 9.01. The van der Waals surface area contributed by atoms with E-state index < -0.39 is 17.7 Å².